The highest BCUT2D eigenvalue weighted by molar-refractivity contribution is 6.21. The van der Waals surface area contributed by atoms with Crippen molar-refractivity contribution >= 4 is 17.8 Å². The molecule has 8 nitrogen and oxygen atoms in total. The first-order chi connectivity index (χ1) is 13.3. The fraction of sp³-hybridized carbons (Fsp3) is 0.550. The van der Waals surface area contributed by atoms with Crippen molar-refractivity contribution in [3.8, 4) is 0 Å². The van der Waals surface area contributed by atoms with E-state index in [1.807, 2.05) is 0 Å². The number of nitrogens with zero attached hydrogens (tertiary/aromatic N) is 1. The number of amides is 2. The standard InChI is InChI=1S/C20H27NO7/c1-20(2,3)28-17(22)14-27-13-12-26-11-10-25-9-8-21-18(23)15-6-4-5-7-16(15)19(21)24/h4-7H,8-14H2,1-3H3. The Labute approximate surface area is 164 Å². The van der Waals surface area contributed by atoms with Crippen LogP contribution < -0.4 is 0 Å². The molecule has 1 aliphatic heterocycles. The van der Waals surface area contributed by atoms with Crippen LogP contribution in [0, 0.1) is 0 Å². The third-order valence-corrected chi connectivity index (χ3v) is 3.72. The molecule has 0 aromatic heterocycles. The Morgan fingerprint density at radius 2 is 1.36 bits per heavy atom. The van der Waals surface area contributed by atoms with Crippen LogP contribution in [0.3, 0.4) is 0 Å². The number of esters is 1. The summed E-state index contributed by atoms with van der Waals surface area (Å²) in [6.45, 7) is 6.98. The number of fused-ring (bicyclic) bond motifs is 1. The molecule has 2 amide bonds. The number of carbonyl (C=O) groups excluding carboxylic acids is 3. The topological polar surface area (TPSA) is 91.4 Å². The lowest BCUT2D eigenvalue weighted by molar-refractivity contribution is -0.160. The minimum Gasteiger partial charge on any atom is -0.458 e. The molecule has 0 N–H and O–H groups in total. The molecular weight excluding hydrogens is 366 g/mol. The molecule has 8 heteroatoms. The van der Waals surface area contributed by atoms with E-state index in [9.17, 15) is 14.4 Å². The Morgan fingerprint density at radius 1 is 0.857 bits per heavy atom. The third-order valence-electron chi connectivity index (χ3n) is 3.72. The molecule has 0 aliphatic carbocycles. The number of hydrogen-bond acceptors (Lipinski definition) is 7. The van der Waals surface area contributed by atoms with Gasteiger partial charge in [-0.3, -0.25) is 14.5 Å². The van der Waals surface area contributed by atoms with Crippen LogP contribution in [0.2, 0.25) is 0 Å². The summed E-state index contributed by atoms with van der Waals surface area (Å²) in [7, 11) is 0. The van der Waals surface area contributed by atoms with Crippen LogP contribution in [0.4, 0.5) is 0 Å². The molecule has 154 valence electrons. The summed E-state index contributed by atoms with van der Waals surface area (Å²) in [5.41, 5.74) is 0.339. The lowest BCUT2D eigenvalue weighted by Gasteiger charge is -2.19. The first-order valence-corrected chi connectivity index (χ1v) is 9.20. The van der Waals surface area contributed by atoms with Gasteiger partial charge in [-0.25, -0.2) is 4.79 Å². The van der Waals surface area contributed by atoms with Crippen molar-refractivity contribution in [2.45, 2.75) is 26.4 Å². The maximum Gasteiger partial charge on any atom is 0.332 e. The van der Waals surface area contributed by atoms with E-state index >= 15 is 0 Å². The second-order valence-corrected chi connectivity index (χ2v) is 7.17. The average molecular weight is 393 g/mol. The minimum atomic E-state index is -0.526. The molecule has 0 fully saturated rings. The van der Waals surface area contributed by atoms with Crippen LogP contribution in [0.25, 0.3) is 0 Å². The van der Waals surface area contributed by atoms with E-state index in [-0.39, 0.29) is 38.2 Å². The van der Waals surface area contributed by atoms with E-state index in [1.54, 1.807) is 45.0 Å². The summed E-state index contributed by atoms with van der Waals surface area (Å²) in [5.74, 6) is -0.992. The smallest absolute Gasteiger partial charge is 0.332 e. The highest BCUT2D eigenvalue weighted by Gasteiger charge is 2.34. The molecule has 0 unspecified atom stereocenters. The normalized spacial score (nSPS) is 13.8. The van der Waals surface area contributed by atoms with Crippen molar-refractivity contribution < 1.29 is 33.3 Å². The maximum atomic E-state index is 12.2. The molecular formula is C20H27NO7. The van der Waals surface area contributed by atoms with Gasteiger partial charge in [0.05, 0.1) is 50.7 Å². The van der Waals surface area contributed by atoms with E-state index in [0.717, 1.165) is 0 Å². The molecule has 0 saturated heterocycles. The summed E-state index contributed by atoms with van der Waals surface area (Å²) >= 11 is 0. The van der Waals surface area contributed by atoms with Gasteiger partial charge in [0.1, 0.15) is 12.2 Å². The highest BCUT2D eigenvalue weighted by atomic mass is 16.6. The highest BCUT2D eigenvalue weighted by Crippen LogP contribution is 2.21. The van der Waals surface area contributed by atoms with E-state index in [0.29, 0.717) is 30.9 Å². The molecule has 1 aromatic rings. The fourth-order valence-corrected chi connectivity index (χ4v) is 2.56. The van der Waals surface area contributed by atoms with Gasteiger partial charge in [0, 0.05) is 0 Å². The predicted octanol–water partition coefficient (Wildman–Crippen LogP) is 1.67. The molecule has 0 spiro atoms. The van der Waals surface area contributed by atoms with Gasteiger partial charge in [-0.2, -0.15) is 0 Å². The van der Waals surface area contributed by atoms with Crippen molar-refractivity contribution in [3.63, 3.8) is 0 Å². The summed E-state index contributed by atoms with van der Waals surface area (Å²) in [6, 6.07) is 6.77. The van der Waals surface area contributed by atoms with Gasteiger partial charge >= 0.3 is 5.97 Å². The molecule has 0 atom stereocenters. The molecule has 28 heavy (non-hydrogen) atoms. The zero-order valence-electron chi connectivity index (χ0n) is 16.6. The van der Waals surface area contributed by atoms with Crippen molar-refractivity contribution in [2.24, 2.45) is 0 Å². The molecule has 2 rings (SSSR count). The molecule has 1 heterocycles. The SMILES string of the molecule is CC(C)(C)OC(=O)COCCOCCOCCN1C(=O)c2ccccc2C1=O. The van der Waals surface area contributed by atoms with E-state index in [2.05, 4.69) is 0 Å². The zero-order chi connectivity index (χ0) is 20.6. The number of imide groups is 1. The second kappa shape index (κ2) is 10.3. The van der Waals surface area contributed by atoms with E-state index < -0.39 is 11.6 Å². The van der Waals surface area contributed by atoms with Crippen LogP contribution in [-0.4, -0.2) is 74.5 Å². The van der Waals surface area contributed by atoms with Crippen molar-refractivity contribution in [2.75, 3.05) is 46.2 Å². The van der Waals surface area contributed by atoms with Crippen LogP contribution in [0.5, 0.6) is 0 Å². The van der Waals surface area contributed by atoms with Crippen molar-refractivity contribution in [1.82, 2.24) is 4.90 Å². The Kier molecular flexibility index (Phi) is 8.10. The van der Waals surface area contributed by atoms with Crippen molar-refractivity contribution in [1.29, 1.82) is 0 Å². The number of ether oxygens (including phenoxy) is 4. The van der Waals surface area contributed by atoms with Gasteiger partial charge in [0.2, 0.25) is 0 Å². The summed E-state index contributed by atoms with van der Waals surface area (Å²) < 4.78 is 21.0. The molecule has 1 aliphatic rings. The largest absolute Gasteiger partial charge is 0.458 e. The summed E-state index contributed by atoms with van der Waals surface area (Å²) in [6.07, 6.45) is 0. The monoisotopic (exact) mass is 393 g/mol. The second-order valence-electron chi connectivity index (χ2n) is 7.17. The van der Waals surface area contributed by atoms with E-state index in [1.165, 1.54) is 4.90 Å². The number of carbonyl (C=O) groups is 3. The Morgan fingerprint density at radius 3 is 1.89 bits per heavy atom. The number of rotatable bonds is 11. The molecule has 0 saturated carbocycles. The van der Waals surface area contributed by atoms with Crippen LogP contribution >= 0.6 is 0 Å². The summed E-state index contributed by atoms with van der Waals surface area (Å²) in [4.78, 5) is 37.0. The number of benzene rings is 1. The zero-order valence-corrected chi connectivity index (χ0v) is 16.6. The van der Waals surface area contributed by atoms with E-state index in [4.69, 9.17) is 18.9 Å². The molecule has 1 aromatic carbocycles. The van der Waals surface area contributed by atoms with Crippen LogP contribution in [-0.2, 0) is 23.7 Å². The van der Waals surface area contributed by atoms with Gasteiger partial charge in [-0.05, 0) is 32.9 Å². The quantitative estimate of drug-likeness (QED) is 0.321. The van der Waals surface area contributed by atoms with Gasteiger partial charge in [0.15, 0.2) is 0 Å². The van der Waals surface area contributed by atoms with Crippen LogP contribution in [0.15, 0.2) is 24.3 Å². The minimum absolute atomic E-state index is 0.114. The Balaban J connectivity index is 1.48. The van der Waals surface area contributed by atoms with Crippen molar-refractivity contribution in [3.05, 3.63) is 35.4 Å². The lowest BCUT2D eigenvalue weighted by Crippen LogP contribution is -2.33. The summed E-state index contributed by atoms with van der Waals surface area (Å²) in [5, 5.41) is 0. The predicted molar refractivity (Wildman–Crippen MR) is 100 cm³/mol. The first kappa shape index (κ1) is 22.0. The first-order valence-electron chi connectivity index (χ1n) is 9.20. The van der Waals surface area contributed by atoms with Gasteiger partial charge in [-0.1, -0.05) is 12.1 Å². The Bertz CT molecular complexity index is 661. The average Bonchev–Trinajstić information content (AvgIpc) is 2.87. The number of hydrogen-bond donors (Lipinski definition) is 0. The maximum absolute atomic E-state index is 12.2. The fourth-order valence-electron chi connectivity index (χ4n) is 2.56. The lowest BCUT2D eigenvalue weighted by atomic mass is 10.1. The third kappa shape index (κ3) is 6.70. The Hall–Kier alpha value is -2.29. The van der Waals surface area contributed by atoms with Crippen LogP contribution in [0.1, 0.15) is 41.5 Å². The molecule has 0 radical (unpaired) electrons. The molecule has 0 bridgehead atoms. The van der Waals surface area contributed by atoms with Gasteiger partial charge in [-0.15, -0.1) is 0 Å². The van der Waals surface area contributed by atoms with Gasteiger partial charge < -0.3 is 18.9 Å². The van der Waals surface area contributed by atoms with Gasteiger partial charge in [0.25, 0.3) is 11.8 Å².